The minimum Gasteiger partial charge on any atom is -0.392 e. The molecule has 3 aromatic rings. The number of benzene rings is 2. The predicted octanol–water partition coefficient (Wildman–Crippen LogP) is 4.76. The first-order valence-electron chi connectivity index (χ1n) is 10.7. The Morgan fingerprint density at radius 2 is 2.09 bits per heavy atom. The predicted molar refractivity (Wildman–Crippen MR) is 124 cm³/mol. The summed E-state index contributed by atoms with van der Waals surface area (Å²) in [6, 6.07) is 13.8. The van der Waals surface area contributed by atoms with Crippen LogP contribution in [0.25, 0.3) is 0 Å². The van der Waals surface area contributed by atoms with Crippen LogP contribution >= 0.6 is 22.9 Å². The monoisotopic (exact) mass is 471 g/mol. The number of hydrogen-bond acceptors (Lipinski definition) is 5. The quantitative estimate of drug-likeness (QED) is 0.544. The fourth-order valence-electron chi connectivity index (χ4n) is 4.47. The third-order valence-corrected chi connectivity index (χ3v) is 7.64. The molecule has 1 aliphatic carbocycles. The lowest BCUT2D eigenvalue weighted by Gasteiger charge is -2.27. The lowest BCUT2D eigenvalue weighted by atomic mass is 9.95. The summed E-state index contributed by atoms with van der Waals surface area (Å²) >= 11 is 7.92. The van der Waals surface area contributed by atoms with Crippen molar-refractivity contribution in [2.45, 2.75) is 36.8 Å². The Bertz CT molecular complexity index is 1150. The van der Waals surface area contributed by atoms with Crippen molar-refractivity contribution in [2.24, 2.45) is 0 Å². The van der Waals surface area contributed by atoms with Gasteiger partial charge in [0, 0.05) is 29.2 Å². The summed E-state index contributed by atoms with van der Waals surface area (Å²) in [6.07, 6.45) is 3.48. The Hall–Kier alpha value is -2.32. The van der Waals surface area contributed by atoms with Gasteiger partial charge in [0.2, 0.25) is 5.91 Å². The average Bonchev–Trinajstić information content (AvgIpc) is 3.30. The lowest BCUT2D eigenvalue weighted by Crippen LogP contribution is -2.28. The van der Waals surface area contributed by atoms with Gasteiger partial charge in [0.15, 0.2) is 5.13 Å². The summed E-state index contributed by atoms with van der Waals surface area (Å²) in [5, 5.41) is 14.2. The van der Waals surface area contributed by atoms with E-state index in [2.05, 4.69) is 15.2 Å². The van der Waals surface area contributed by atoms with E-state index in [0.717, 1.165) is 17.0 Å². The number of thiazole rings is 1. The van der Waals surface area contributed by atoms with Gasteiger partial charge in [-0.05, 0) is 48.6 Å². The maximum absolute atomic E-state index is 13.7. The van der Waals surface area contributed by atoms with Crippen LogP contribution in [-0.2, 0) is 10.2 Å². The molecule has 2 N–H and O–H groups in total. The molecule has 0 spiro atoms. The van der Waals surface area contributed by atoms with Crippen molar-refractivity contribution in [2.75, 3.05) is 18.4 Å². The van der Waals surface area contributed by atoms with Gasteiger partial charge in [-0.2, -0.15) is 0 Å². The minimum atomic E-state index is -0.685. The third-order valence-electron chi connectivity index (χ3n) is 6.34. The number of aliphatic hydroxyl groups excluding tert-OH is 1. The van der Waals surface area contributed by atoms with Gasteiger partial charge in [-0.1, -0.05) is 53.3 Å². The number of halogens is 2. The van der Waals surface area contributed by atoms with E-state index in [1.54, 1.807) is 18.3 Å². The van der Waals surface area contributed by atoms with Crippen LogP contribution in [0.5, 0.6) is 0 Å². The SMILES string of the molecule is O=C(Nc1ncc(C(c2ccccc2Cl)N2CC[C@@H](O)C2)s1)C1(c2cccc(F)c2)CC1. The van der Waals surface area contributed by atoms with Crippen LogP contribution in [-0.4, -0.2) is 40.1 Å². The van der Waals surface area contributed by atoms with Gasteiger partial charge < -0.3 is 10.4 Å². The summed E-state index contributed by atoms with van der Waals surface area (Å²) < 4.78 is 13.7. The topological polar surface area (TPSA) is 65.5 Å². The molecule has 0 bridgehead atoms. The Balaban J connectivity index is 1.40. The Morgan fingerprint density at radius 1 is 1.28 bits per heavy atom. The molecule has 2 aliphatic rings. The molecule has 1 amide bonds. The molecular formula is C24H23ClFN3O2S. The first kappa shape index (κ1) is 21.5. The Labute approximate surface area is 194 Å². The molecule has 2 heterocycles. The molecule has 1 saturated carbocycles. The maximum atomic E-state index is 13.7. The highest BCUT2D eigenvalue weighted by Crippen LogP contribution is 2.49. The molecule has 5 rings (SSSR count). The zero-order chi connectivity index (χ0) is 22.3. The van der Waals surface area contributed by atoms with Gasteiger partial charge in [0.25, 0.3) is 0 Å². The number of rotatable bonds is 6. The molecule has 32 heavy (non-hydrogen) atoms. The molecule has 2 atom stereocenters. The molecule has 1 aromatic heterocycles. The van der Waals surface area contributed by atoms with Gasteiger partial charge >= 0.3 is 0 Å². The van der Waals surface area contributed by atoms with Gasteiger partial charge in [0.05, 0.1) is 17.6 Å². The van der Waals surface area contributed by atoms with E-state index >= 15 is 0 Å². The van der Waals surface area contributed by atoms with Crippen molar-refractivity contribution in [3.8, 4) is 0 Å². The van der Waals surface area contributed by atoms with E-state index in [1.165, 1.54) is 23.5 Å². The molecule has 2 aromatic carbocycles. The lowest BCUT2D eigenvalue weighted by molar-refractivity contribution is -0.118. The molecule has 8 heteroatoms. The number of nitrogens with zero attached hydrogens (tertiary/aromatic N) is 2. The molecule has 5 nitrogen and oxygen atoms in total. The number of carbonyl (C=O) groups is 1. The van der Waals surface area contributed by atoms with E-state index in [1.807, 2.05) is 24.3 Å². The molecule has 166 valence electrons. The van der Waals surface area contributed by atoms with Crippen LogP contribution in [0, 0.1) is 5.82 Å². The van der Waals surface area contributed by atoms with E-state index in [-0.39, 0.29) is 23.9 Å². The number of anilines is 1. The smallest absolute Gasteiger partial charge is 0.236 e. The standard InChI is InChI=1S/C24H23ClFN3O2S/c25-19-7-2-1-6-18(19)21(29-11-8-17(30)14-29)20-13-27-23(32-20)28-22(31)24(9-10-24)15-4-3-5-16(26)12-15/h1-7,12-13,17,21,30H,8-11,14H2,(H,27,28,31)/t17-,21?/m1/s1. The Kier molecular flexibility index (Phi) is 5.75. The average molecular weight is 472 g/mol. The summed E-state index contributed by atoms with van der Waals surface area (Å²) in [7, 11) is 0. The zero-order valence-corrected chi connectivity index (χ0v) is 18.9. The van der Waals surface area contributed by atoms with E-state index in [9.17, 15) is 14.3 Å². The van der Waals surface area contributed by atoms with E-state index in [4.69, 9.17) is 11.6 Å². The number of aromatic nitrogens is 1. The number of hydrogen-bond donors (Lipinski definition) is 2. The number of amides is 1. The van der Waals surface area contributed by atoms with Crippen molar-refractivity contribution >= 4 is 34.0 Å². The number of nitrogens with one attached hydrogen (secondary N) is 1. The van der Waals surface area contributed by atoms with Crippen LogP contribution in [0.15, 0.2) is 54.7 Å². The van der Waals surface area contributed by atoms with Crippen molar-refractivity contribution < 1.29 is 14.3 Å². The molecule has 2 fully saturated rings. The molecule has 0 radical (unpaired) electrons. The van der Waals surface area contributed by atoms with Crippen LogP contribution in [0.3, 0.4) is 0 Å². The van der Waals surface area contributed by atoms with E-state index in [0.29, 0.717) is 41.5 Å². The number of likely N-dealkylation sites (tertiary alicyclic amines) is 1. The van der Waals surface area contributed by atoms with Gasteiger partial charge in [-0.25, -0.2) is 9.37 Å². The summed E-state index contributed by atoms with van der Waals surface area (Å²) in [4.78, 5) is 20.7. The molecule has 1 unspecified atom stereocenters. The van der Waals surface area contributed by atoms with Crippen LogP contribution < -0.4 is 5.32 Å². The van der Waals surface area contributed by atoms with Crippen molar-refractivity contribution in [1.82, 2.24) is 9.88 Å². The van der Waals surface area contributed by atoms with Gasteiger partial charge in [-0.15, -0.1) is 0 Å². The molecule has 1 aliphatic heterocycles. The highest BCUT2D eigenvalue weighted by atomic mass is 35.5. The number of aliphatic hydroxyl groups is 1. The van der Waals surface area contributed by atoms with Crippen LogP contribution in [0.1, 0.15) is 41.3 Å². The first-order valence-corrected chi connectivity index (χ1v) is 11.9. The highest BCUT2D eigenvalue weighted by Gasteiger charge is 2.51. The zero-order valence-electron chi connectivity index (χ0n) is 17.3. The highest BCUT2D eigenvalue weighted by molar-refractivity contribution is 7.15. The fourth-order valence-corrected chi connectivity index (χ4v) is 5.68. The van der Waals surface area contributed by atoms with Gasteiger partial charge in [-0.3, -0.25) is 9.69 Å². The second kappa shape index (κ2) is 8.56. The second-order valence-electron chi connectivity index (χ2n) is 8.48. The number of β-amino-alcohol motifs (C(OH)–C–C–N with tert-alkyl or cyclic N) is 1. The number of carbonyl (C=O) groups excluding carboxylic acids is 1. The Morgan fingerprint density at radius 3 is 2.78 bits per heavy atom. The second-order valence-corrected chi connectivity index (χ2v) is 9.95. The normalized spacial score (nSPS) is 20.8. The summed E-state index contributed by atoms with van der Waals surface area (Å²) in [5.41, 5.74) is 0.963. The summed E-state index contributed by atoms with van der Waals surface area (Å²) in [5.74, 6) is -0.497. The largest absolute Gasteiger partial charge is 0.392 e. The summed E-state index contributed by atoms with van der Waals surface area (Å²) in [6.45, 7) is 1.30. The fraction of sp³-hybridized carbons (Fsp3) is 0.333. The van der Waals surface area contributed by atoms with Crippen molar-refractivity contribution in [3.05, 3.63) is 81.6 Å². The van der Waals surface area contributed by atoms with Crippen molar-refractivity contribution in [1.29, 1.82) is 0 Å². The first-order chi connectivity index (χ1) is 15.5. The third kappa shape index (κ3) is 4.06. The van der Waals surface area contributed by atoms with E-state index < -0.39 is 5.41 Å². The van der Waals surface area contributed by atoms with Crippen molar-refractivity contribution in [3.63, 3.8) is 0 Å². The maximum Gasteiger partial charge on any atom is 0.236 e. The minimum absolute atomic E-state index is 0.151. The molecular weight excluding hydrogens is 449 g/mol. The van der Waals surface area contributed by atoms with Crippen LogP contribution in [0.2, 0.25) is 5.02 Å². The van der Waals surface area contributed by atoms with Crippen LogP contribution in [0.4, 0.5) is 9.52 Å². The molecule has 1 saturated heterocycles. The van der Waals surface area contributed by atoms with Gasteiger partial charge in [0.1, 0.15) is 5.82 Å².